The lowest BCUT2D eigenvalue weighted by molar-refractivity contribution is -0.131. The molecule has 134 valence electrons. The first-order chi connectivity index (χ1) is 11.7. The predicted molar refractivity (Wildman–Crippen MR) is 103 cm³/mol. The Hall–Kier alpha value is -2.21. The highest BCUT2D eigenvalue weighted by atomic mass is 32.1. The monoisotopic (exact) mass is 359 g/mol. The summed E-state index contributed by atoms with van der Waals surface area (Å²) < 4.78 is 0. The lowest BCUT2D eigenvalue weighted by atomic mass is 9.95. The Morgan fingerprint density at radius 2 is 1.84 bits per heavy atom. The third kappa shape index (κ3) is 5.13. The smallest absolute Gasteiger partial charge is 0.248 e. The van der Waals surface area contributed by atoms with Crippen molar-refractivity contribution in [1.82, 2.24) is 10.3 Å². The van der Waals surface area contributed by atoms with Crippen LogP contribution >= 0.6 is 11.3 Å². The molecule has 0 spiro atoms. The molecule has 0 aliphatic carbocycles. The van der Waals surface area contributed by atoms with E-state index in [1.165, 1.54) is 16.9 Å². The first-order valence-electron chi connectivity index (χ1n) is 8.37. The fourth-order valence-electron chi connectivity index (χ4n) is 2.07. The van der Waals surface area contributed by atoms with Gasteiger partial charge >= 0.3 is 0 Å². The molecule has 0 bridgehead atoms. The largest absolute Gasteiger partial charge is 0.344 e. The maximum absolute atomic E-state index is 12.2. The van der Waals surface area contributed by atoms with Gasteiger partial charge in [-0.15, -0.1) is 11.3 Å². The Labute approximate surface area is 152 Å². The van der Waals surface area contributed by atoms with Crippen LogP contribution < -0.4 is 10.6 Å². The molecule has 2 rings (SSSR count). The molecule has 1 aromatic heterocycles. The Kier molecular flexibility index (Phi) is 5.95. The molecule has 0 saturated carbocycles. The van der Waals surface area contributed by atoms with Gasteiger partial charge in [-0.2, -0.15) is 0 Å². The van der Waals surface area contributed by atoms with Gasteiger partial charge in [0.15, 0.2) is 5.13 Å². The highest BCUT2D eigenvalue weighted by Gasteiger charge is 2.25. The minimum atomic E-state index is -0.622. The van der Waals surface area contributed by atoms with Crippen LogP contribution in [0.2, 0.25) is 0 Å². The van der Waals surface area contributed by atoms with Crippen molar-refractivity contribution < 1.29 is 9.59 Å². The number of aryl methyl sites for hydroxylation is 1. The molecular weight excluding hydrogens is 334 g/mol. The van der Waals surface area contributed by atoms with E-state index in [0.717, 1.165) is 17.7 Å². The molecule has 0 aliphatic heterocycles. The number of carbonyl (C=O) groups excluding carboxylic acids is 2. The molecule has 0 saturated heterocycles. The molecule has 1 atom stereocenters. The summed E-state index contributed by atoms with van der Waals surface area (Å²) in [5.74, 6) is -0.439. The molecule has 2 N–H and O–H groups in total. The van der Waals surface area contributed by atoms with Gasteiger partial charge in [-0.05, 0) is 18.9 Å². The summed E-state index contributed by atoms with van der Waals surface area (Å²) in [5, 5.41) is 7.92. The Morgan fingerprint density at radius 3 is 2.40 bits per heavy atom. The molecule has 0 radical (unpaired) electrons. The lowest BCUT2D eigenvalue weighted by Gasteiger charge is -2.21. The topological polar surface area (TPSA) is 71.1 Å². The fourth-order valence-corrected chi connectivity index (χ4v) is 2.79. The van der Waals surface area contributed by atoms with Gasteiger partial charge in [0.2, 0.25) is 11.8 Å². The van der Waals surface area contributed by atoms with Crippen molar-refractivity contribution in [3.8, 4) is 11.3 Å². The van der Waals surface area contributed by atoms with E-state index in [-0.39, 0.29) is 11.8 Å². The summed E-state index contributed by atoms with van der Waals surface area (Å²) in [6, 6.07) is 7.61. The molecule has 25 heavy (non-hydrogen) atoms. The van der Waals surface area contributed by atoms with Crippen LogP contribution in [0.1, 0.15) is 40.2 Å². The number of hydrogen-bond donors (Lipinski definition) is 2. The molecule has 6 heteroatoms. The van der Waals surface area contributed by atoms with E-state index in [1.807, 2.05) is 38.3 Å². The number of benzene rings is 1. The highest BCUT2D eigenvalue weighted by molar-refractivity contribution is 7.14. The molecule has 2 amide bonds. The average Bonchev–Trinajstić information content (AvgIpc) is 3.02. The SMILES string of the molecule is CCc1ccc(-c2csc(NC(=O)C(C)NC(=O)C(C)(C)C)n2)cc1. The third-order valence-corrected chi connectivity index (χ3v) is 4.57. The van der Waals surface area contributed by atoms with Crippen LogP contribution in [0, 0.1) is 5.41 Å². The molecule has 1 aromatic carbocycles. The van der Waals surface area contributed by atoms with Crippen LogP contribution in [-0.2, 0) is 16.0 Å². The Morgan fingerprint density at radius 1 is 1.20 bits per heavy atom. The second kappa shape index (κ2) is 7.78. The maximum Gasteiger partial charge on any atom is 0.248 e. The first kappa shape index (κ1) is 19.1. The number of thiazole rings is 1. The van der Waals surface area contributed by atoms with Gasteiger partial charge in [-0.1, -0.05) is 52.0 Å². The van der Waals surface area contributed by atoms with Crippen molar-refractivity contribution in [2.75, 3.05) is 5.32 Å². The van der Waals surface area contributed by atoms with Crippen LogP contribution in [0.25, 0.3) is 11.3 Å². The van der Waals surface area contributed by atoms with Crippen LogP contribution in [0.15, 0.2) is 29.6 Å². The quantitative estimate of drug-likeness (QED) is 0.851. The van der Waals surface area contributed by atoms with Crippen molar-refractivity contribution in [1.29, 1.82) is 0 Å². The fraction of sp³-hybridized carbons (Fsp3) is 0.421. The summed E-state index contributed by atoms with van der Waals surface area (Å²) in [7, 11) is 0. The standard InChI is InChI=1S/C19H25N3O2S/c1-6-13-7-9-14(10-8-13)15-11-25-18(21-15)22-16(23)12(2)20-17(24)19(3,4)5/h7-12H,6H2,1-5H3,(H,20,24)(H,21,22,23). The number of hydrogen-bond acceptors (Lipinski definition) is 4. The van der Waals surface area contributed by atoms with Crippen molar-refractivity contribution in [2.24, 2.45) is 5.41 Å². The van der Waals surface area contributed by atoms with Crippen LogP contribution in [0.4, 0.5) is 5.13 Å². The third-order valence-electron chi connectivity index (χ3n) is 3.81. The summed E-state index contributed by atoms with van der Waals surface area (Å²) in [6.45, 7) is 9.21. The van der Waals surface area contributed by atoms with E-state index in [2.05, 4.69) is 34.7 Å². The van der Waals surface area contributed by atoms with E-state index in [4.69, 9.17) is 0 Å². The molecule has 1 unspecified atom stereocenters. The van der Waals surface area contributed by atoms with Crippen molar-refractivity contribution in [3.63, 3.8) is 0 Å². The Balaban J connectivity index is 2.00. The van der Waals surface area contributed by atoms with E-state index in [0.29, 0.717) is 5.13 Å². The van der Waals surface area contributed by atoms with Crippen LogP contribution in [0.5, 0.6) is 0 Å². The predicted octanol–water partition coefficient (Wildman–Crippen LogP) is 3.86. The summed E-state index contributed by atoms with van der Waals surface area (Å²) in [5.41, 5.74) is 2.58. The molecule has 0 aliphatic rings. The average molecular weight is 359 g/mol. The van der Waals surface area contributed by atoms with Crippen molar-refractivity contribution in [2.45, 2.75) is 47.1 Å². The van der Waals surface area contributed by atoms with Crippen molar-refractivity contribution in [3.05, 3.63) is 35.2 Å². The van der Waals surface area contributed by atoms with E-state index < -0.39 is 11.5 Å². The van der Waals surface area contributed by atoms with Gasteiger partial charge in [0.1, 0.15) is 6.04 Å². The maximum atomic E-state index is 12.2. The molecular formula is C19H25N3O2S. The summed E-state index contributed by atoms with van der Waals surface area (Å²) >= 11 is 1.37. The second-order valence-corrected chi connectivity index (χ2v) is 7.88. The zero-order chi connectivity index (χ0) is 18.6. The zero-order valence-electron chi connectivity index (χ0n) is 15.3. The number of anilines is 1. The van der Waals surface area contributed by atoms with Gasteiger partial charge in [-0.25, -0.2) is 4.98 Å². The van der Waals surface area contributed by atoms with E-state index >= 15 is 0 Å². The van der Waals surface area contributed by atoms with Crippen LogP contribution in [0.3, 0.4) is 0 Å². The van der Waals surface area contributed by atoms with Gasteiger partial charge < -0.3 is 10.6 Å². The second-order valence-electron chi connectivity index (χ2n) is 7.02. The minimum Gasteiger partial charge on any atom is -0.344 e. The van der Waals surface area contributed by atoms with Gasteiger partial charge in [-0.3, -0.25) is 9.59 Å². The number of nitrogens with zero attached hydrogens (tertiary/aromatic N) is 1. The van der Waals surface area contributed by atoms with Gasteiger partial charge in [0.05, 0.1) is 5.69 Å². The number of amides is 2. The number of rotatable bonds is 5. The van der Waals surface area contributed by atoms with Gasteiger partial charge in [0.25, 0.3) is 0 Å². The lowest BCUT2D eigenvalue weighted by Crippen LogP contribution is -2.46. The summed E-state index contributed by atoms with van der Waals surface area (Å²) in [4.78, 5) is 28.7. The van der Waals surface area contributed by atoms with E-state index in [9.17, 15) is 9.59 Å². The van der Waals surface area contributed by atoms with Crippen molar-refractivity contribution >= 4 is 28.3 Å². The van der Waals surface area contributed by atoms with Crippen LogP contribution in [-0.4, -0.2) is 22.8 Å². The number of aromatic nitrogens is 1. The number of carbonyl (C=O) groups is 2. The first-order valence-corrected chi connectivity index (χ1v) is 9.25. The minimum absolute atomic E-state index is 0.161. The normalized spacial score (nSPS) is 12.5. The zero-order valence-corrected chi connectivity index (χ0v) is 16.2. The Bertz CT molecular complexity index is 745. The molecule has 1 heterocycles. The van der Waals surface area contributed by atoms with Gasteiger partial charge in [0, 0.05) is 16.4 Å². The summed E-state index contributed by atoms with van der Waals surface area (Å²) in [6.07, 6.45) is 0.997. The molecule has 5 nitrogen and oxygen atoms in total. The van der Waals surface area contributed by atoms with E-state index in [1.54, 1.807) is 6.92 Å². The highest BCUT2D eigenvalue weighted by Crippen LogP contribution is 2.25. The number of nitrogens with one attached hydrogen (secondary N) is 2. The molecule has 2 aromatic rings. The molecule has 0 fully saturated rings.